The van der Waals surface area contributed by atoms with Crippen LogP contribution < -0.4 is 11.2 Å². The van der Waals surface area contributed by atoms with E-state index in [4.69, 9.17) is 5.73 Å². The van der Waals surface area contributed by atoms with Crippen molar-refractivity contribution < 1.29 is 9.90 Å². The summed E-state index contributed by atoms with van der Waals surface area (Å²) >= 11 is 1.14. The van der Waals surface area contributed by atoms with Gasteiger partial charge in [-0.1, -0.05) is 30.4 Å². The summed E-state index contributed by atoms with van der Waals surface area (Å²) in [5.41, 5.74) is 9.36. The molecule has 0 atom stereocenters. The molecule has 0 aliphatic rings. The lowest BCUT2D eigenvalue weighted by Crippen LogP contribution is -2.17. The van der Waals surface area contributed by atoms with E-state index in [1.165, 1.54) is 12.3 Å². The zero-order valence-electron chi connectivity index (χ0n) is 10.8. The third-order valence-electron chi connectivity index (χ3n) is 2.50. The van der Waals surface area contributed by atoms with Crippen molar-refractivity contribution in [3.63, 3.8) is 0 Å². The van der Waals surface area contributed by atoms with Crippen LogP contribution in [0.15, 0.2) is 29.4 Å². The second-order valence-electron chi connectivity index (χ2n) is 3.98. The van der Waals surface area contributed by atoms with Crippen molar-refractivity contribution in [2.75, 3.05) is 5.73 Å². The van der Waals surface area contributed by atoms with E-state index in [9.17, 15) is 9.90 Å². The molecule has 0 fully saturated rings. The molecule has 0 aliphatic carbocycles. The first-order valence-electron chi connectivity index (χ1n) is 5.97. The SMILES string of the molecule is CCc1nc(N)sc1C(=O)NN=Cc1cccc(O)c1. The molecule has 20 heavy (non-hydrogen) atoms. The van der Waals surface area contributed by atoms with Crippen molar-refractivity contribution >= 4 is 28.6 Å². The fourth-order valence-electron chi connectivity index (χ4n) is 1.61. The highest BCUT2D eigenvalue weighted by Gasteiger charge is 2.15. The lowest BCUT2D eigenvalue weighted by atomic mass is 10.2. The maximum absolute atomic E-state index is 11.9. The molecule has 1 aromatic heterocycles. The number of nitrogens with one attached hydrogen (secondary N) is 1. The molecule has 0 aliphatic heterocycles. The van der Waals surface area contributed by atoms with E-state index >= 15 is 0 Å². The van der Waals surface area contributed by atoms with Gasteiger partial charge in [-0.3, -0.25) is 4.79 Å². The molecule has 0 radical (unpaired) electrons. The van der Waals surface area contributed by atoms with Crippen molar-refractivity contribution in [2.24, 2.45) is 5.10 Å². The molecule has 0 saturated carbocycles. The minimum atomic E-state index is -0.340. The van der Waals surface area contributed by atoms with Crippen LogP contribution in [-0.2, 0) is 6.42 Å². The number of aryl methyl sites for hydroxylation is 1. The Kier molecular flexibility index (Phi) is 4.31. The third-order valence-corrected chi connectivity index (χ3v) is 3.43. The number of hydrazone groups is 1. The maximum Gasteiger partial charge on any atom is 0.283 e. The van der Waals surface area contributed by atoms with Crippen LogP contribution in [0.1, 0.15) is 27.9 Å². The van der Waals surface area contributed by atoms with E-state index in [1.807, 2.05) is 6.92 Å². The topological polar surface area (TPSA) is 101 Å². The number of anilines is 1. The molecule has 1 amide bonds. The molecule has 4 N–H and O–H groups in total. The van der Waals surface area contributed by atoms with Crippen molar-refractivity contribution in [1.82, 2.24) is 10.4 Å². The molecular formula is C13H14N4O2S. The average molecular weight is 290 g/mol. The number of phenols is 1. The number of hydrogen-bond acceptors (Lipinski definition) is 6. The minimum Gasteiger partial charge on any atom is -0.508 e. The Balaban J connectivity index is 2.05. The number of nitrogen functional groups attached to an aromatic ring is 1. The second kappa shape index (κ2) is 6.16. The molecule has 0 spiro atoms. The quantitative estimate of drug-likeness (QED) is 0.590. The van der Waals surface area contributed by atoms with Crippen LogP contribution in [-0.4, -0.2) is 22.2 Å². The van der Waals surface area contributed by atoms with Gasteiger partial charge in [-0.15, -0.1) is 0 Å². The van der Waals surface area contributed by atoms with E-state index < -0.39 is 0 Å². The number of aromatic hydroxyl groups is 1. The molecule has 7 heteroatoms. The van der Waals surface area contributed by atoms with Crippen LogP contribution in [0, 0.1) is 0 Å². The Morgan fingerprint density at radius 3 is 3.10 bits per heavy atom. The van der Waals surface area contributed by atoms with Gasteiger partial charge in [-0.2, -0.15) is 5.10 Å². The fourth-order valence-corrected chi connectivity index (χ4v) is 2.42. The van der Waals surface area contributed by atoms with Gasteiger partial charge in [0.2, 0.25) is 0 Å². The first-order chi connectivity index (χ1) is 9.60. The number of rotatable bonds is 4. The largest absolute Gasteiger partial charge is 0.508 e. The van der Waals surface area contributed by atoms with Crippen LogP contribution >= 0.6 is 11.3 Å². The highest BCUT2D eigenvalue weighted by atomic mass is 32.1. The number of nitrogens with two attached hydrogens (primary N) is 1. The molecule has 2 rings (SSSR count). The number of amides is 1. The van der Waals surface area contributed by atoms with Crippen molar-refractivity contribution in [1.29, 1.82) is 0 Å². The first kappa shape index (κ1) is 14.0. The van der Waals surface area contributed by atoms with E-state index in [0.29, 0.717) is 27.7 Å². The second-order valence-corrected chi connectivity index (χ2v) is 5.01. The van der Waals surface area contributed by atoms with Crippen LogP contribution in [0.4, 0.5) is 5.13 Å². The fraction of sp³-hybridized carbons (Fsp3) is 0.154. The Morgan fingerprint density at radius 2 is 2.40 bits per heavy atom. The van der Waals surface area contributed by atoms with E-state index in [1.54, 1.807) is 18.2 Å². The van der Waals surface area contributed by atoms with Crippen LogP contribution in [0.25, 0.3) is 0 Å². The lowest BCUT2D eigenvalue weighted by Gasteiger charge is -1.98. The van der Waals surface area contributed by atoms with E-state index in [2.05, 4.69) is 15.5 Å². The normalized spacial score (nSPS) is 10.8. The zero-order valence-corrected chi connectivity index (χ0v) is 11.6. The Hall–Kier alpha value is -2.41. The molecule has 0 saturated heterocycles. The van der Waals surface area contributed by atoms with Crippen molar-refractivity contribution in [2.45, 2.75) is 13.3 Å². The Morgan fingerprint density at radius 1 is 1.60 bits per heavy atom. The molecule has 104 valence electrons. The van der Waals surface area contributed by atoms with Gasteiger partial charge in [0.15, 0.2) is 5.13 Å². The summed E-state index contributed by atoms with van der Waals surface area (Å²) in [5.74, 6) is -0.198. The molecular weight excluding hydrogens is 276 g/mol. The summed E-state index contributed by atoms with van der Waals surface area (Å²) in [5, 5.41) is 13.5. The lowest BCUT2D eigenvalue weighted by molar-refractivity contribution is 0.0958. The molecule has 0 unspecified atom stereocenters. The predicted octanol–water partition coefficient (Wildman–Crippen LogP) is 1.76. The summed E-state index contributed by atoms with van der Waals surface area (Å²) in [6.45, 7) is 1.90. The smallest absolute Gasteiger partial charge is 0.283 e. The number of thiazole rings is 1. The number of nitrogens with zero attached hydrogens (tertiary/aromatic N) is 2. The number of carbonyl (C=O) groups excluding carboxylic acids is 1. The van der Waals surface area contributed by atoms with Crippen molar-refractivity contribution in [3.8, 4) is 5.75 Å². The van der Waals surface area contributed by atoms with Gasteiger partial charge in [0.25, 0.3) is 5.91 Å². The molecule has 1 aromatic carbocycles. The summed E-state index contributed by atoms with van der Waals surface area (Å²) < 4.78 is 0. The van der Waals surface area contributed by atoms with Gasteiger partial charge in [0.1, 0.15) is 10.6 Å². The summed E-state index contributed by atoms with van der Waals surface area (Å²) in [6.07, 6.45) is 2.08. The standard InChI is InChI=1S/C13H14N4O2S/c1-2-10-11(20-13(14)16-10)12(19)17-15-7-8-4-3-5-9(18)6-8/h3-7,18H,2H2,1H3,(H2,14,16)(H,17,19). The van der Waals surface area contributed by atoms with Gasteiger partial charge in [-0.25, -0.2) is 10.4 Å². The van der Waals surface area contributed by atoms with E-state index in [-0.39, 0.29) is 11.7 Å². The number of phenolic OH excluding ortho intramolecular Hbond substituents is 1. The van der Waals surface area contributed by atoms with Gasteiger partial charge in [-0.05, 0) is 24.1 Å². The van der Waals surface area contributed by atoms with Crippen LogP contribution in [0.2, 0.25) is 0 Å². The van der Waals surface area contributed by atoms with Crippen LogP contribution in [0.5, 0.6) is 5.75 Å². The molecule has 2 aromatic rings. The Labute approximate surface area is 120 Å². The summed E-state index contributed by atoms with van der Waals surface area (Å²) in [7, 11) is 0. The highest BCUT2D eigenvalue weighted by molar-refractivity contribution is 7.17. The average Bonchev–Trinajstić information content (AvgIpc) is 2.80. The highest BCUT2D eigenvalue weighted by Crippen LogP contribution is 2.20. The summed E-state index contributed by atoms with van der Waals surface area (Å²) in [4.78, 5) is 16.5. The molecule has 6 nitrogen and oxygen atoms in total. The minimum absolute atomic E-state index is 0.142. The van der Waals surface area contributed by atoms with Gasteiger partial charge in [0.05, 0.1) is 11.9 Å². The number of carbonyl (C=O) groups is 1. The summed E-state index contributed by atoms with van der Waals surface area (Å²) in [6, 6.07) is 6.55. The maximum atomic E-state index is 11.9. The van der Waals surface area contributed by atoms with E-state index in [0.717, 1.165) is 11.3 Å². The monoisotopic (exact) mass is 290 g/mol. The number of benzene rings is 1. The third kappa shape index (κ3) is 3.33. The predicted molar refractivity (Wildman–Crippen MR) is 79.1 cm³/mol. The first-order valence-corrected chi connectivity index (χ1v) is 6.79. The number of hydrogen-bond donors (Lipinski definition) is 3. The zero-order chi connectivity index (χ0) is 14.5. The van der Waals surface area contributed by atoms with Gasteiger partial charge < -0.3 is 10.8 Å². The number of aromatic nitrogens is 1. The Bertz CT molecular complexity index is 652. The molecule has 0 bridgehead atoms. The molecule has 1 heterocycles. The van der Waals surface area contributed by atoms with Crippen molar-refractivity contribution in [3.05, 3.63) is 40.4 Å². The van der Waals surface area contributed by atoms with Gasteiger partial charge >= 0.3 is 0 Å². The van der Waals surface area contributed by atoms with Gasteiger partial charge in [0, 0.05) is 0 Å². The van der Waals surface area contributed by atoms with Crippen LogP contribution in [0.3, 0.4) is 0 Å².